The summed E-state index contributed by atoms with van der Waals surface area (Å²) in [5.41, 5.74) is 1.90. The molecule has 1 unspecified atom stereocenters. The number of hydrogen-bond acceptors (Lipinski definition) is 4. The molecule has 0 aromatic rings. The third-order valence-electron chi connectivity index (χ3n) is 3.77. The van der Waals surface area contributed by atoms with Crippen LogP contribution in [0.4, 0.5) is 0 Å². The molecule has 2 amide bonds. The Bertz CT molecular complexity index is 414. The maximum Gasteiger partial charge on any atom is 0.250 e. The van der Waals surface area contributed by atoms with E-state index >= 15 is 0 Å². The van der Waals surface area contributed by atoms with Crippen LogP contribution in [-0.2, 0) is 14.3 Å². The number of hydrogen-bond donors (Lipinski definition) is 2. The monoisotopic (exact) mass is 281 g/mol. The molecule has 2 aliphatic heterocycles. The van der Waals surface area contributed by atoms with Crippen LogP contribution in [0.1, 0.15) is 20.3 Å². The average molecular weight is 281 g/mol. The highest BCUT2D eigenvalue weighted by atomic mass is 16.5. The molecule has 112 valence electrons. The summed E-state index contributed by atoms with van der Waals surface area (Å²) in [4.78, 5) is 26.3. The van der Waals surface area contributed by atoms with Crippen molar-refractivity contribution in [1.29, 1.82) is 0 Å². The van der Waals surface area contributed by atoms with E-state index in [2.05, 4.69) is 10.6 Å². The van der Waals surface area contributed by atoms with Crippen molar-refractivity contribution in [3.05, 3.63) is 11.1 Å². The SMILES string of the molecule is CCCNC(=O)C1COCCN1C(=O)C(C)=C1CNC1. The zero-order valence-electron chi connectivity index (χ0n) is 12.2. The smallest absolute Gasteiger partial charge is 0.250 e. The van der Waals surface area contributed by atoms with E-state index in [9.17, 15) is 9.59 Å². The second-order valence-electron chi connectivity index (χ2n) is 5.21. The summed E-state index contributed by atoms with van der Waals surface area (Å²) < 4.78 is 5.36. The van der Waals surface area contributed by atoms with Crippen molar-refractivity contribution >= 4 is 11.8 Å². The van der Waals surface area contributed by atoms with E-state index in [1.54, 1.807) is 4.90 Å². The molecule has 6 nitrogen and oxygen atoms in total. The van der Waals surface area contributed by atoms with Gasteiger partial charge in [-0.2, -0.15) is 0 Å². The highest BCUT2D eigenvalue weighted by Crippen LogP contribution is 2.16. The molecular formula is C14H23N3O3. The number of amides is 2. The van der Waals surface area contributed by atoms with Gasteiger partial charge < -0.3 is 20.3 Å². The molecule has 0 saturated carbocycles. The zero-order valence-corrected chi connectivity index (χ0v) is 12.2. The second-order valence-corrected chi connectivity index (χ2v) is 5.21. The number of morpholine rings is 1. The minimum Gasteiger partial charge on any atom is -0.377 e. The molecule has 0 aromatic carbocycles. The van der Waals surface area contributed by atoms with Gasteiger partial charge in [-0.15, -0.1) is 0 Å². The Hall–Kier alpha value is -1.40. The predicted octanol–water partition coefficient (Wildman–Crippen LogP) is -0.340. The highest BCUT2D eigenvalue weighted by Gasteiger charge is 2.34. The summed E-state index contributed by atoms with van der Waals surface area (Å²) >= 11 is 0. The van der Waals surface area contributed by atoms with Gasteiger partial charge >= 0.3 is 0 Å². The molecule has 0 radical (unpaired) electrons. The summed E-state index contributed by atoms with van der Waals surface area (Å²) in [7, 11) is 0. The number of rotatable bonds is 4. The predicted molar refractivity (Wildman–Crippen MR) is 75.2 cm³/mol. The first-order chi connectivity index (χ1) is 9.65. The minimum atomic E-state index is -0.508. The van der Waals surface area contributed by atoms with Gasteiger partial charge in [0.2, 0.25) is 11.8 Å². The summed E-state index contributed by atoms with van der Waals surface area (Å²) in [5, 5.41) is 5.97. The zero-order chi connectivity index (χ0) is 14.5. The van der Waals surface area contributed by atoms with Crippen molar-refractivity contribution < 1.29 is 14.3 Å². The third-order valence-corrected chi connectivity index (χ3v) is 3.77. The van der Waals surface area contributed by atoms with E-state index in [0.717, 1.165) is 30.7 Å². The first kappa shape index (κ1) is 15.0. The van der Waals surface area contributed by atoms with Crippen LogP contribution in [-0.4, -0.2) is 62.1 Å². The van der Waals surface area contributed by atoms with Crippen molar-refractivity contribution in [2.24, 2.45) is 0 Å². The number of carbonyl (C=O) groups is 2. The lowest BCUT2D eigenvalue weighted by Gasteiger charge is -2.35. The molecule has 2 rings (SSSR count). The molecule has 20 heavy (non-hydrogen) atoms. The van der Waals surface area contributed by atoms with Crippen LogP contribution in [0.3, 0.4) is 0 Å². The molecule has 2 saturated heterocycles. The van der Waals surface area contributed by atoms with Crippen molar-refractivity contribution in [3.8, 4) is 0 Å². The fourth-order valence-corrected chi connectivity index (χ4v) is 2.31. The lowest BCUT2D eigenvalue weighted by Crippen LogP contribution is -2.56. The Morgan fingerprint density at radius 3 is 2.80 bits per heavy atom. The molecule has 0 bridgehead atoms. The lowest BCUT2D eigenvalue weighted by atomic mass is 10.0. The van der Waals surface area contributed by atoms with Gasteiger partial charge in [0.25, 0.3) is 0 Å². The van der Waals surface area contributed by atoms with E-state index in [1.807, 2.05) is 13.8 Å². The molecule has 0 aromatic heterocycles. The van der Waals surface area contributed by atoms with Gasteiger partial charge in [0.05, 0.1) is 13.2 Å². The summed E-state index contributed by atoms with van der Waals surface area (Å²) in [6, 6.07) is -0.508. The van der Waals surface area contributed by atoms with E-state index in [4.69, 9.17) is 4.74 Å². The maximum absolute atomic E-state index is 12.5. The van der Waals surface area contributed by atoms with Gasteiger partial charge in [-0.05, 0) is 18.9 Å². The molecule has 6 heteroatoms. The van der Waals surface area contributed by atoms with Gasteiger partial charge in [0.1, 0.15) is 6.04 Å². The maximum atomic E-state index is 12.5. The lowest BCUT2D eigenvalue weighted by molar-refractivity contribution is -0.145. The van der Waals surface area contributed by atoms with Gasteiger partial charge in [0.15, 0.2) is 0 Å². The molecule has 2 N–H and O–H groups in total. The first-order valence-electron chi connectivity index (χ1n) is 7.21. The average Bonchev–Trinajstić information content (AvgIpc) is 2.42. The van der Waals surface area contributed by atoms with Crippen LogP contribution in [0.5, 0.6) is 0 Å². The van der Waals surface area contributed by atoms with Crippen molar-refractivity contribution in [1.82, 2.24) is 15.5 Å². The highest BCUT2D eigenvalue weighted by molar-refractivity contribution is 5.97. The Morgan fingerprint density at radius 2 is 2.20 bits per heavy atom. The van der Waals surface area contributed by atoms with Crippen LogP contribution < -0.4 is 10.6 Å². The Labute approximate surface area is 119 Å². The Kier molecular flexibility index (Phi) is 5.14. The Morgan fingerprint density at radius 1 is 1.45 bits per heavy atom. The summed E-state index contributed by atoms with van der Waals surface area (Å²) in [6.45, 7) is 7.26. The van der Waals surface area contributed by atoms with Crippen LogP contribution in [0.2, 0.25) is 0 Å². The van der Waals surface area contributed by atoms with E-state index in [-0.39, 0.29) is 18.4 Å². The summed E-state index contributed by atoms with van der Waals surface area (Å²) in [5.74, 6) is -0.161. The second kappa shape index (κ2) is 6.85. The molecular weight excluding hydrogens is 258 g/mol. The molecule has 0 spiro atoms. The van der Waals surface area contributed by atoms with Crippen molar-refractivity contribution in [3.63, 3.8) is 0 Å². The summed E-state index contributed by atoms with van der Waals surface area (Å²) in [6.07, 6.45) is 0.877. The number of ether oxygens (including phenoxy) is 1. The van der Waals surface area contributed by atoms with Crippen molar-refractivity contribution in [2.45, 2.75) is 26.3 Å². The number of carbonyl (C=O) groups excluding carboxylic acids is 2. The largest absolute Gasteiger partial charge is 0.377 e. The quantitative estimate of drug-likeness (QED) is 0.692. The Balaban J connectivity index is 2.06. The number of nitrogens with one attached hydrogen (secondary N) is 2. The number of nitrogens with zero attached hydrogens (tertiary/aromatic N) is 1. The van der Waals surface area contributed by atoms with Crippen LogP contribution in [0.15, 0.2) is 11.1 Å². The molecule has 2 aliphatic rings. The van der Waals surface area contributed by atoms with Crippen LogP contribution in [0.25, 0.3) is 0 Å². The van der Waals surface area contributed by atoms with Crippen LogP contribution >= 0.6 is 0 Å². The van der Waals surface area contributed by atoms with Gasteiger partial charge in [-0.25, -0.2) is 0 Å². The van der Waals surface area contributed by atoms with E-state index in [0.29, 0.717) is 19.7 Å². The molecule has 0 aliphatic carbocycles. The fraction of sp³-hybridized carbons (Fsp3) is 0.714. The molecule has 2 fully saturated rings. The molecule has 2 heterocycles. The van der Waals surface area contributed by atoms with E-state index < -0.39 is 6.04 Å². The topological polar surface area (TPSA) is 70.7 Å². The van der Waals surface area contributed by atoms with Crippen LogP contribution in [0, 0.1) is 0 Å². The fourth-order valence-electron chi connectivity index (χ4n) is 2.31. The van der Waals surface area contributed by atoms with Gasteiger partial charge in [0, 0.05) is 31.8 Å². The first-order valence-corrected chi connectivity index (χ1v) is 7.21. The standard InChI is InChI=1S/C14H23N3O3/c1-3-4-16-13(18)12-9-20-6-5-17(12)14(19)10(2)11-7-15-8-11/h12,15H,3-9H2,1-2H3,(H,16,18). The van der Waals surface area contributed by atoms with E-state index in [1.165, 1.54) is 0 Å². The normalized spacial score (nSPS) is 22.2. The molecule has 1 atom stereocenters. The van der Waals surface area contributed by atoms with Gasteiger partial charge in [-0.1, -0.05) is 6.92 Å². The van der Waals surface area contributed by atoms with Crippen molar-refractivity contribution in [2.75, 3.05) is 39.4 Å². The third kappa shape index (κ3) is 3.19. The van der Waals surface area contributed by atoms with Gasteiger partial charge in [-0.3, -0.25) is 9.59 Å². The minimum absolute atomic E-state index is 0.0403.